The van der Waals surface area contributed by atoms with Crippen molar-refractivity contribution in [2.75, 3.05) is 0 Å². The van der Waals surface area contributed by atoms with Crippen LogP contribution in [-0.4, -0.2) is 51.9 Å². The van der Waals surface area contributed by atoms with Crippen molar-refractivity contribution in [3.05, 3.63) is 40.9 Å². The molecule has 0 unspecified atom stereocenters. The highest BCUT2D eigenvalue weighted by Crippen LogP contribution is 2.03. The van der Waals surface area contributed by atoms with Gasteiger partial charge >= 0.3 is 5.97 Å². The Balaban J connectivity index is 0.000000161. The summed E-state index contributed by atoms with van der Waals surface area (Å²) in [4.78, 5) is 9.95. The molecule has 21 heavy (non-hydrogen) atoms. The zero-order valence-electron chi connectivity index (χ0n) is 10.5. The highest BCUT2D eigenvalue weighted by atomic mass is 32.1. The number of para-hydroxylation sites is 1. The molecule has 11 heteroatoms. The number of rotatable bonds is 3. The maximum Gasteiger partial charge on any atom is 0.311 e. The van der Waals surface area contributed by atoms with Gasteiger partial charge in [-0.1, -0.05) is 18.2 Å². The van der Waals surface area contributed by atoms with Gasteiger partial charge in [0, 0.05) is 0 Å². The largest absolute Gasteiger partial charge is 0.481 e. The van der Waals surface area contributed by atoms with Crippen molar-refractivity contribution in [2.45, 2.75) is 6.42 Å². The Morgan fingerprint density at radius 2 is 2.00 bits per heavy atom. The van der Waals surface area contributed by atoms with E-state index in [9.17, 15) is 4.79 Å². The second kappa shape index (κ2) is 7.00. The number of aromatic nitrogens is 8. The number of carboxylic acid groups (broad SMARTS) is 1. The van der Waals surface area contributed by atoms with Crippen molar-refractivity contribution in [3.8, 4) is 5.69 Å². The predicted octanol–water partition coefficient (Wildman–Crippen LogP) is 0.152. The lowest BCUT2D eigenvalue weighted by molar-refractivity contribution is -0.136. The summed E-state index contributed by atoms with van der Waals surface area (Å²) in [6.45, 7) is 0. The summed E-state index contributed by atoms with van der Waals surface area (Å²) in [6.07, 6.45) is -0.160. The molecule has 3 N–H and O–H groups in total. The summed E-state index contributed by atoms with van der Waals surface area (Å²) in [6, 6.07) is 9.61. The van der Waals surface area contributed by atoms with Crippen LogP contribution >= 0.6 is 12.2 Å². The average molecular weight is 306 g/mol. The van der Waals surface area contributed by atoms with Gasteiger partial charge in [0.25, 0.3) is 0 Å². The summed E-state index contributed by atoms with van der Waals surface area (Å²) in [5.74, 6) is -0.684. The maximum atomic E-state index is 9.95. The Morgan fingerprint density at radius 3 is 2.52 bits per heavy atom. The van der Waals surface area contributed by atoms with Crippen molar-refractivity contribution >= 4 is 18.2 Å². The molecule has 108 valence electrons. The predicted molar refractivity (Wildman–Crippen MR) is 72.1 cm³/mol. The molecule has 0 radical (unpaired) electrons. The van der Waals surface area contributed by atoms with Crippen LogP contribution in [0.2, 0.25) is 0 Å². The quantitative estimate of drug-likeness (QED) is 0.581. The standard InChI is InChI=1S/C7H6N4S.C3H4N4O2/c12-7-8-9-10-11(7)6-4-2-1-3-5-6;8-3(9)1-2-4-6-7-5-2/h1-5H,(H,8,10,12);1H2,(H,8,9)(H,4,5,6,7). The Morgan fingerprint density at radius 1 is 1.24 bits per heavy atom. The monoisotopic (exact) mass is 306 g/mol. The highest BCUT2D eigenvalue weighted by molar-refractivity contribution is 7.71. The van der Waals surface area contributed by atoms with Crippen molar-refractivity contribution < 1.29 is 9.90 Å². The number of benzene rings is 1. The molecular weight excluding hydrogens is 296 g/mol. The Labute approximate surface area is 122 Å². The minimum atomic E-state index is -0.950. The van der Waals surface area contributed by atoms with E-state index in [1.165, 1.54) is 0 Å². The third-order valence-corrected chi connectivity index (χ3v) is 2.45. The topological polar surface area (TPSA) is 138 Å². The molecule has 0 spiro atoms. The van der Waals surface area contributed by atoms with E-state index in [-0.39, 0.29) is 12.2 Å². The molecule has 0 amide bonds. The number of H-pyrrole nitrogens is 2. The van der Waals surface area contributed by atoms with Gasteiger partial charge in [0.15, 0.2) is 5.82 Å². The van der Waals surface area contributed by atoms with Gasteiger partial charge in [-0.25, -0.2) is 10.2 Å². The lowest BCUT2D eigenvalue weighted by Gasteiger charge is -1.95. The van der Waals surface area contributed by atoms with Crippen molar-refractivity contribution in [1.82, 2.24) is 40.8 Å². The van der Waals surface area contributed by atoms with Gasteiger partial charge in [0.05, 0.1) is 5.69 Å². The van der Waals surface area contributed by atoms with Gasteiger partial charge in [-0.2, -0.15) is 4.68 Å². The van der Waals surface area contributed by atoms with Crippen LogP contribution in [0.25, 0.3) is 5.69 Å². The van der Waals surface area contributed by atoms with E-state index >= 15 is 0 Å². The van der Waals surface area contributed by atoms with Crippen LogP contribution in [0.1, 0.15) is 5.82 Å². The third-order valence-electron chi connectivity index (χ3n) is 2.18. The fourth-order valence-corrected chi connectivity index (χ4v) is 1.52. The molecule has 1 aromatic carbocycles. The smallest absolute Gasteiger partial charge is 0.311 e. The average Bonchev–Trinajstić information content (AvgIpc) is 3.11. The van der Waals surface area contributed by atoms with Crippen LogP contribution in [0.3, 0.4) is 0 Å². The number of aromatic amines is 2. The van der Waals surface area contributed by atoms with Crippen molar-refractivity contribution in [3.63, 3.8) is 0 Å². The van der Waals surface area contributed by atoms with E-state index in [1.807, 2.05) is 30.3 Å². The first-order chi connectivity index (χ1) is 10.2. The van der Waals surface area contributed by atoms with Gasteiger partial charge in [-0.3, -0.25) is 4.79 Å². The Bertz CT molecular complexity index is 736. The summed E-state index contributed by atoms with van der Waals surface area (Å²) < 4.78 is 2.07. The summed E-state index contributed by atoms with van der Waals surface area (Å²) in [7, 11) is 0. The summed E-state index contributed by atoms with van der Waals surface area (Å²) >= 11 is 4.95. The maximum absolute atomic E-state index is 9.95. The van der Waals surface area contributed by atoms with E-state index in [2.05, 4.69) is 36.1 Å². The van der Waals surface area contributed by atoms with Crippen LogP contribution in [0.5, 0.6) is 0 Å². The number of nitrogens with zero attached hydrogens (tertiary/aromatic N) is 6. The Kier molecular flexibility index (Phi) is 4.82. The third kappa shape index (κ3) is 4.28. The number of tetrazole rings is 2. The minimum absolute atomic E-state index is 0.160. The SMILES string of the molecule is O=C(O)Cc1nnn[nH]1.S=c1[nH]nnn1-c1ccccc1. The Hall–Kier alpha value is -2.95. The second-order valence-corrected chi connectivity index (χ2v) is 4.06. The highest BCUT2D eigenvalue weighted by Gasteiger charge is 2.01. The number of carbonyl (C=O) groups is 1. The summed E-state index contributed by atoms with van der Waals surface area (Å²) in [5, 5.41) is 30.2. The fraction of sp³-hybridized carbons (Fsp3) is 0.100. The van der Waals surface area contributed by atoms with Crippen LogP contribution < -0.4 is 0 Å². The van der Waals surface area contributed by atoms with Gasteiger partial charge in [-0.15, -0.1) is 5.10 Å². The molecule has 10 nitrogen and oxygen atoms in total. The van der Waals surface area contributed by atoms with Crippen LogP contribution in [0, 0.1) is 4.77 Å². The minimum Gasteiger partial charge on any atom is -0.481 e. The molecule has 3 aromatic rings. The zero-order valence-corrected chi connectivity index (χ0v) is 11.4. The first-order valence-electron chi connectivity index (χ1n) is 5.67. The fourth-order valence-electron chi connectivity index (χ4n) is 1.33. The van der Waals surface area contributed by atoms with Gasteiger partial charge < -0.3 is 5.11 Å². The molecule has 0 fully saturated rings. The van der Waals surface area contributed by atoms with Gasteiger partial charge in [0.2, 0.25) is 4.77 Å². The lowest BCUT2D eigenvalue weighted by Crippen LogP contribution is -2.01. The first-order valence-corrected chi connectivity index (χ1v) is 6.08. The van der Waals surface area contributed by atoms with E-state index in [0.717, 1.165) is 5.69 Å². The molecule has 2 heterocycles. The molecular formula is C10H10N8O2S. The molecule has 3 rings (SSSR count). The number of nitrogens with one attached hydrogen (secondary N) is 2. The number of hydrogen-bond acceptors (Lipinski definition) is 7. The second-order valence-electron chi connectivity index (χ2n) is 3.67. The van der Waals surface area contributed by atoms with Crippen LogP contribution in [0.15, 0.2) is 30.3 Å². The molecule has 0 aliphatic carbocycles. The zero-order chi connectivity index (χ0) is 15.1. The van der Waals surface area contributed by atoms with Gasteiger partial charge in [-0.05, 0) is 45.2 Å². The number of aliphatic carboxylic acids is 1. The molecule has 0 saturated carbocycles. The van der Waals surface area contributed by atoms with E-state index < -0.39 is 5.97 Å². The van der Waals surface area contributed by atoms with Gasteiger partial charge in [0.1, 0.15) is 6.42 Å². The number of carboxylic acids is 1. The molecule has 0 aliphatic rings. The van der Waals surface area contributed by atoms with E-state index in [4.69, 9.17) is 17.3 Å². The van der Waals surface area contributed by atoms with E-state index in [0.29, 0.717) is 4.77 Å². The normalized spacial score (nSPS) is 9.71. The molecule has 0 aliphatic heterocycles. The molecule has 0 saturated heterocycles. The van der Waals surface area contributed by atoms with Crippen molar-refractivity contribution in [2.24, 2.45) is 0 Å². The lowest BCUT2D eigenvalue weighted by atomic mass is 10.3. The molecule has 0 bridgehead atoms. The van der Waals surface area contributed by atoms with E-state index in [1.54, 1.807) is 4.68 Å². The van der Waals surface area contributed by atoms with Crippen LogP contribution in [-0.2, 0) is 11.2 Å². The van der Waals surface area contributed by atoms with Crippen molar-refractivity contribution in [1.29, 1.82) is 0 Å². The summed E-state index contributed by atoms with van der Waals surface area (Å²) in [5.41, 5.74) is 0.913. The first kappa shape index (κ1) is 14.5. The number of hydrogen-bond donors (Lipinski definition) is 3. The molecule has 2 aromatic heterocycles. The molecule has 0 atom stereocenters. The van der Waals surface area contributed by atoms with Crippen LogP contribution in [0.4, 0.5) is 0 Å².